The van der Waals surface area contributed by atoms with Gasteiger partial charge in [0.15, 0.2) is 0 Å². The number of hydrogen-bond donors (Lipinski definition) is 0. The van der Waals surface area contributed by atoms with Crippen LogP contribution in [-0.4, -0.2) is 6.61 Å². The predicted molar refractivity (Wildman–Crippen MR) is 81.6 cm³/mol. The third-order valence-corrected chi connectivity index (χ3v) is 5.42. The van der Waals surface area contributed by atoms with Crippen LogP contribution in [0.2, 0.25) is 0 Å². The largest absolute Gasteiger partial charge is 0.493 e. The molecule has 0 radical (unpaired) electrons. The second-order valence-electron chi connectivity index (χ2n) is 7.02. The number of hydrogen-bond acceptors (Lipinski definition) is 1. The van der Waals surface area contributed by atoms with Gasteiger partial charge in [0, 0.05) is 0 Å². The third kappa shape index (κ3) is 3.13. The highest BCUT2D eigenvalue weighted by Crippen LogP contribution is 2.52. The van der Waals surface area contributed by atoms with Crippen LogP contribution < -0.4 is 4.74 Å². The summed E-state index contributed by atoms with van der Waals surface area (Å²) in [7, 11) is 0. The number of benzene rings is 1. The van der Waals surface area contributed by atoms with Gasteiger partial charge in [0.1, 0.15) is 5.75 Å². The SMILES string of the molecule is Cc1ccccc1OCCC(C)(C)C1(C)CCCC1. The molecular formula is C18H28O. The molecule has 0 heterocycles. The Hall–Kier alpha value is -0.980. The maximum Gasteiger partial charge on any atom is 0.122 e. The van der Waals surface area contributed by atoms with Crippen molar-refractivity contribution in [1.82, 2.24) is 0 Å². The van der Waals surface area contributed by atoms with Gasteiger partial charge in [-0.25, -0.2) is 0 Å². The third-order valence-electron chi connectivity index (χ3n) is 5.42. The molecule has 0 bridgehead atoms. The Morgan fingerprint density at radius 3 is 2.42 bits per heavy atom. The summed E-state index contributed by atoms with van der Waals surface area (Å²) in [6.07, 6.45) is 6.70. The number of ether oxygens (including phenoxy) is 1. The highest BCUT2D eigenvalue weighted by atomic mass is 16.5. The van der Waals surface area contributed by atoms with Crippen LogP contribution in [0.4, 0.5) is 0 Å². The molecule has 1 heteroatoms. The summed E-state index contributed by atoms with van der Waals surface area (Å²) in [6.45, 7) is 10.2. The lowest BCUT2D eigenvalue weighted by Gasteiger charge is -2.42. The zero-order valence-electron chi connectivity index (χ0n) is 13.0. The van der Waals surface area contributed by atoms with E-state index in [2.05, 4.69) is 45.9 Å². The molecule has 0 N–H and O–H groups in total. The Labute approximate surface area is 118 Å². The Morgan fingerprint density at radius 1 is 1.16 bits per heavy atom. The fourth-order valence-electron chi connectivity index (χ4n) is 3.27. The second-order valence-corrected chi connectivity index (χ2v) is 7.02. The van der Waals surface area contributed by atoms with Crippen molar-refractivity contribution in [3.05, 3.63) is 29.8 Å². The Morgan fingerprint density at radius 2 is 1.79 bits per heavy atom. The van der Waals surface area contributed by atoms with Crippen LogP contribution in [0.25, 0.3) is 0 Å². The number of para-hydroxylation sites is 1. The van der Waals surface area contributed by atoms with E-state index in [1.807, 2.05) is 6.07 Å². The van der Waals surface area contributed by atoms with Crippen molar-refractivity contribution < 1.29 is 4.74 Å². The van der Waals surface area contributed by atoms with Crippen molar-refractivity contribution >= 4 is 0 Å². The van der Waals surface area contributed by atoms with E-state index in [-0.39, 0.29) is 0 Å². The molecule has 0 aliphatic heterocycles. The van der Waals surface area contributed by atoms with Gasteiger partial charge in [0.05, 0.1) is 6.61 Å². The van der Waals surface area contributed by atoms with Crippen LogP contribution in [0.15, 0.2) is 24.3 Å². The molecule has 1 fully saturated rings. The number of rotatable bonds is 5. The lowest BCUT2D eigenvalue weighted by molar-refractivity contribution is 0.0673. The summed E-state index contributed by atoms with van der Waals surface area (Å²) in [4.78, 5) is 0. The molecule has 0 saturated heterocycles. The van der Waals surface area contributed by atoms with Gasteiger partial charge in [0.2, 0.25) is 0 Å². The van der Waals surface area contributed by atoms with E-state index in [0.717, 1.165) is 18.8 Å². The van der Waals surface area contributed by atoms with Gasteiger partial charge in [-0.15, -0.1) is 0 Å². The summed E-state index contributed by atoms with van der Waals surface area (Å²) in [5.41, 5.74) is 2.10. The molecule has 0 aromatic heterocycles. The van der Waals surface area contributed by atoms with Gasteiger partial charge in [-0.05, 0) is 48.6 Å². The van der Waals surface area contributed by atoms with Crippen molar-refractivity contribution in [3.63, 3.8) is 0 Å². The zero-order chi connectivity index (χ0) is 13.9. The molecule has 19 heavy (non-hydrogen) atoms. The highest BCUT2D eigenvalue weighted by Gasteiger charge is 2.42. The average molecular weight is 260 g/mol. The molecule has 1 aliphatic rings. The minimum atomic E-state index is 0.367. The monoisotopic (exact) mass is 260 g/mol. The lowest BCUT2D eigenvalue weighted by atomic mass is 9.64. The van der Waals surface area contributed by atoms with Crippen molar-refractivity contribution in [1.29, 1.82) is 0 Å². The fraction of sp³-hybridized carbons (Fsp3) is 0.667. The normalized spacial score (nSPS) is 18.5. The van der Waals surface area contributed by atoms with Gasteiger partial charge >= 0.3 is 0 Å². The van der Waals surface area contributed by atoms with E-state index in [0.29, 0.717) is 10.8 Å². The molecule has 1 aromatic carbocycles. The molecule has 1 nitrogen and oxygen atoms in total. The van der Waals surface area contributed by atoms with E-state index in [1.54, 1.807) is 0 Å². The molecule has 2 rings (SSSR count). The molecule has 1 saturated carbocycles. The summed E-state index contributed by atoms with van der Waals surface area (Å²) < 4.78 is 5.98. The minimum Gasteiger partial charge on any atom is -0.493 e. The lowest BCUT2D eigenvalue weighted by Crippen LogP contribution is -2.34. The molecular weight excluding hydrogens is 232 g/mol. The van der Waals surface area contributed by atoms with Crippen LogP contribution in [0.1, 0.15) is 58.4 Å². The van der Waals surface area contributed by atoms with Crippen molar-refractivity contribution in [3.8, 4) is 5.75 Å². The van der Waals surface area contributed by atoms with Crippen molar-refractivity contribution in [2.45, 2.75) is 59.8 Å². The van der Waals surface area contributed by atoms with E-state index < -0.39 is 0 Å². The minimum absolute atomic E-state index is 0.367. The van der Waals surface area contributed by atoms with Crippen LogP contribution >= 0.6 is 0 Å². The first kappa shape index (κ1) is 14.4. The summed E-state index contributed by atoms with van der Waals surface area (Å²) in [6, 6.07) is 8.29. The van der Waals surface area contributed by atoms with Gasteiger partial charge in [-0.2, -0.15) is 0 Å². The van der Waals surface area contributed by atoms with E-state index in [1.165, 1.54) is 31.2 Å². The molecule has 0 unspecified atom stereocenters. The zero-order valence-corrected chi connectivity index (χ0v) is 13.0. The maximum atomic E-state index is 5.98. The number of aryl methyl sites for hydroxylation is 1. The smallest absolute Gasteiger partial charge is 0.122 e. The van der Waals surface area contributed by atoms with Gasteiger partial charge in [0.25, 0.3) is 0 Å². The van der Waals surface area contributed by atoms with E-state index >= 15 is 0 Å². The maximum absolute atomic E-state index is 5.98. The summed E-state index contributed by atoms with van der Waals surface area (Å²) >= 11 is 0. The van der Waals surface area contributed by atoms with Crippen LogP contribution in [0.5, 0.6) is 5.75 Å². The predicted octanol–water partition coefficient (Wildman–Crippen LogP) is 5.37. The molecule has 1 aliphatic carbocycles. The van der Waals surface area contributed by atoms with Gasteiger partial charge in [-0.3, -0.25) is 0 Å². The molecule has 106 valence electrons. The van der Waals surface area contributed by atoms with Crippen LogP contribution in [-0.2, 0) is 0 Å². The summed E-state index contributed by atoms with van der Waals surface area (Å²) in [5.74, 6) is 1.04. The molecule has 0 spiro atoms. The van der Waals surface area contributed by atoms with E-state index in [9.17, 15) is 0 Å². The van der Waals surface area contributed by atoms with Gasteiger partial charge < -0.3 is 4.74 Å². The molecule has 1 aromatic rings. The van der Waals surface area contributed by atoms with Crippen molar-refractivity contribution in [2.24, 2.45) is 10.8 Å². The molecule has 0 atom stereocenters. The summed E-state index contributed by atoms with van der Waals surface area (Å²) in [5, 5.41) is 0. The average Bonchev–Trinajstić information content (AvgIpc) is 2.80. The standard InChI is InChI=1S/C18H28O/c1-15-9-5-6-10-16(15)19-14-13-17(2,3)18(4)11-7-8-12-18/h5-6,9-10H,7-8,11-14H2,1-4H3. The Kier molecular flexibility index (Phi) is 4.23. The molecule has 0 amide bonds. The second kappa shape index (κ2) is 5.56. The highest BCUT2D eigenvalue weighted by molar-refractivity contribution is 5.31. The fourth-order valence-corrected chi connectivity index (χ4v) is 3.27. The van der Waals surface area contributed by atoms with E-state index in [4.69, 9.17) is 4.74 Å². The Bertz CT molecular complexity index is 413. The van der Waals surface area contributed by atoms with Gasteiger partial charge in [-0.1, -0.05) is 51.8 Å². The first-order valence-corrected chi connectivity index (χ1v) is 7.63. The van der Waals surface area contributed by atoms with Crippen LogP contribution in [0, 0.1) is 17.8 Å². The van der Waals surface area contributed by atoms with Crippen LogP contribution in [0.3, 0.4) is 0 Å². The first-order chi connectivity index (χ1) is 8.95. The van der Waals surface area contributed by atoms with Crippen molar-refractivity contribution in [2.75, 3.05) is 6.61 Å². The first-order valence-electron chi connectivity index (χ1n) is 7.63. The quantitative estimate of drug-likeness (QED) is 0.691. The Balaban J connectivity index is 1.90. The topological polar surface area (TPSA) is 9.23 Å².